The molecule has 2 rings (SSSR count). The summed E-state index contributed by atoms with van der Waals surface area (Å²) >= 11 is 0. The predicted octanol–water partition coefficient (Wildman–Crippen LogP) is 5.21. The summed E-state index contributed by atoms with van der Waals surface area (Å²) in [4.78, 5) is 0. The molecule has 0 aromatic heterocycles. The van der Waals surface area contributed by atoms with E-state index in [1.54, 1.807) is 0 Å². The lowest BCUT2D eigenvalue weighted by molar-refractivity contribution is -0.0405. The monoisotopic (exact) mass is 272 g/mol. The van der Waals surface area contributed by atoms with Gasteiger partial charge in [0.2, 0.25) is 0 Å². The standard InChI is InChI=1S/C18H28N2/c1-3-18(4-2)16(15-9-6-5-7-10-15)11-8-12-17(18,13-19)14-20/h15-16H,3-12H2,1-2H3. The Morgan fingerprint density at radius 3 is 2.00 bits per heavy atom. The fourth-order valence-corrected chi connectivity index (χ4v) is 5.39. The van der Waals surface area contributed by atoms with Gasteiger partial charge in [0, 0.05) is 5.41 Å². The number of nitriles is 2. The Morgan fingerprint density at radius 2 is 1.50 bits per heavy atom. The molecule has 1 atom stereocenters. The molecule has 2 nitrogen and oxygen atoms in total. The van der Waals surface area contributed by atoms with E-state index in [-0.39, 0.29) is 5.41 Å². The molecule has 110 valence electrons. The van der Waals surface area contributed by atoms with E-state index >= 15 is 0 Å². The Hall–Kier alpha value is -1.02. The summed E-state index contributed by atoms with van der Waals surface area (Å²) in [5.41, 5.74) is -0.812. The van der Waals surface area contributed by atoms with Crippen LogP contribution in [0.1, 0.15) is 78.1 Å². The van der Waals surface area contributed by atoms with Gasteiger partial charge in [-0.05, 0) is 37.5 Å². The zero-order valence-electron chi connectivity index (χ0n) is 13.1. The highest BCUT2D eigenvalue weighted by Gasteiger charge is 2.58. The van der Waals surface area contributed by atoms with Crippen LogP contribution in [0.25, 0.3) is 0 Å². The number of hydrogen-bond donors (Lipinski definition) is 0. The maximum absolute atomic E-state index is 9.78. The molecule has 2 fully saturated rings. The summed E-state index contributed by atoms with van der Waals surface area (Å²) in [5.74, 6) is 1.34. The Bertz CT molecular complexity index is 388. The maximum atomic E-state index is 9.78. The van der Waals surface area contributed by atoms with Gasteiger partial charge in [-0.15, -0.1) is 0 Å². The Balaban J connectivity index is 2.39. The van der Waals surface area contributed by atoms with Crippen molar-refractivity contribution in [1.29, 1.82) is 10.5 Å². The number of hydrogen-bond acceptors (Lipinski definition) is 2. The van der Waals surface area contributed by atoms with E-state index in [2.05, 4.69) is 26.0 Å². The molecule has 0 N–H and O–H groups in total. The van der Waals surface area contributed by atoms with Gasteiger partial charge in [-0.2, -0.15) is 10.5 Å². The third-order valence-corrected chi connectivity index (χ3v) is 6.49. The second-order valence-corrected chi connectivity index (χ2v) is 6.89. The van der Waals surface area contributed by atoms with Crippen LogP contribution in [0.5, 0.6) is 0 Å². The average molecular weight is 272 g/mol. The van der Waals surface area contributed by atoms with E-state index in [0.717, 1.165) is 31.6 Å². The van der Waals surface area contributed by atoms with Crippen LogP contribution in [0.2, 0.25) is 0 Å². The van der Waals surface area contributed by atoms with E-state index in [1.807, 2.05) is 0 Å². The topological polar surface area (TPSA) is 47.6 Å². The molecule has 0 heterocycles. The van der Waals surface area contributed by atoms with Crippen molar-refractivity contribution in [1.82, 2.24) is 0 Å². The van der Waals surface area contributed by atoms with Crippen molar-refractivity contribution in [2.75, 3.05) is 0 Å². The van der Waals surface area contributed by atoms with Gasteiger partial charge in [0.25, 0.3) is 0 Å². The molecule has 2 aliphatic rings. The summed E-state index contributed by atoms with van der Waals surface area (Å²) in [5, 5.41) is 19.6. The number of rotatable bonds is 3. The van der Waals surface area contributed by atoms with E-state index < -0.39 is 5.41 Å². The molecule has 0 aliphatic heterocycles. The first-order valence-electron chi connectivity index (χ1n) is 8.52. The molecular weight excluding hydrogens is 244 g/mol. The van der Waals surface area contributed by atoms with E-state index in [9.17, 15) is 10.5 Å². The van der Waals surface area contributed by atoms with Gasteiger partial charge in [0.15, 0.2) is 0 Å². The summed E-state index contributed by atoms with van der Waals surface area (Å²) in [6, 6.07) is 4.94. The minimum atomic E-state index is -0.739. The Labute approximate surface area is 124 Å². The fourth-order valence-electron chi connectivity index (χ4n) is 5.39. The van der Waals surface area contributed by atoms with E-state index in [1.165, 1.54) is 38.5 Å². The van der Waals surface area contributed by atoms with Crippen LogP contribution in [0.3, 0.4) is 0 Å². The minimum absolute atomic E-state index is 0.0727. The van der Waals surface area contributed by atoms with Crippen LogP contribution >= 0.6 is 0 Å². The minimum Gasteiger partial charge on any atom is -0.197 e. The SMILES string of the molecule is CCC1(CC)C(C2CCCCC2)CCCC1(C#N)C#N. The van der Waals surface area contributed by atoms with Gasteiger partial charge in [-0.3, -0.25) is 0 Å². The highest BCUT2D eigenvalue weighted by Crippen LogP contribution is 2.60. The quantitative estimate of drug-likeness (QED) is 0.708. The van der Waals surface area contributed by atoms with Gasteiger partial charge in [0.1, 0.15) is 5.41 Å². The smallest absolute Gasteiger partial charge is 0.149 e. The van der Waals surface area contributed by atoms with Gasteiger partial charge in [-0.1, -0.05) is 52.4 Å². The summed E-state index contributed by atoms with van der Waals surface area (Å²) in [7, 11) is 0. The molecule has 1 unspecified atom stereocenters. The van der Waals surface area contributed by atoms with Crippen LogP contribution in [-0.2, 0) is 0 Å². The van der Waals surface area contributed by atoms with Crippen LogP contribution in [-0.4, -0.2) is 0 Å². The Kier molecular flexibility index (Phi) is 4.74. The number of nitrogens with zero attached hydrogens (tertiary/aromatic N) is 2. The third kappa shape index (κ3) is 2.14. The molecule has 0 aromatic rings. The van der Waals surface area contributed by atoms with Crippen LogP contribution in [0.15, 0.2) is 0 Å². The van der Waals surface area contributed by atoms with Crippen molar-refractivity contribution in [3.63, 3.8) is 0 Å². The molecule has 0 aromatic carbocycles. The second kappa shape index (κ2) is 6.17. The highest BCUT2D eigenvalue weighted by molar-refractivity contribution is 5.24. The molecule has 2 heteroatoms. The highest BCUT2D eigenvalue weighted by atomic mass is 14.6. The first kappa shape index (κ1) is 15.4. The molecule has 2 saturated carbocycles. The molecule has 0 spiro atoms. The average Bonchev–Trinajstić information content (AvgIpc) is 2.54. The largest absolute Gasteiger partial charge is 0.197 e. The van der Waals surface area contributed by atoms with Gasteiger partial charge >= 0.3 is 0 Å². The van der Waals surface area contributed by atoms with E-state index in [4.69, 9.17) is 0 Å². The van der Waals surface area contributed by atoms with Crippen molar-refractivity contribution in [3.8, 4) is 12.1 Å². The lowest BCUT2D eigenvalue weighted by Gasteiger charge is -2.54. The van der Waals surface area contributed by atoms with Gasteiger partial charge < -0.3 is 0 Å². The Morgan fingerprint density at radius 1 is 0.900 bits per heavy atom. The summed E-state index contributed by atoms with van der Waals surface area (Å²) in [6.45, 7) is 4.40. The summed E-state index contributed by atoms with van der Waals surface area (Å²) in [6.07, 6.45) is 11.7. The van der Waals surface area contributed by atoms with Gasteiger partial charge in [0.05, 0.1) is 12.1 Å². The van der Waals surface area contributed by atoms with Crippen LogP contribution < -0.4 is 0 Å². The normalized spacial score (nSPS) is 29.3. The molecule has 2 aliphatic carbocycles. The second-order valence-electron chi connectivity index (χ2n) is 6.89. The first-order chi connectivity index (χ1) is 9.69. The fraction of sp³-hybridized carbons (Fsp3) is 0.889. The van der Waals surface area contributed by atoms with Crippen LogP contribution in [0, 0.1) is 45.3 Å². The maximum Gasteiger partial charge on any atom is 0.149 e. The molecule has 0 radical (unpaired) electrons. The van der Waals surface area contributed by atoms with Crippen molar-refractivity contribution < 1.29 is 0 Å². The lowest BCUT2D eigenvalue weighted by atomic mass is 9.47. The van der Waals surface area contributed by atoms with Gasteiger partial charge in [-0.25, -0.2) is 0 Å². The first-order valence-corrected chi connectivity index (χ1v) is 8.52. The van der Waals surface area contributed by atoms with Crippen molar-refractivity contribution >= 4 is 0 Å². The zero-order valence-corrected chi connectivity index (χ0v) is 13.1. The predicted molar refractivity (Wildman–Crippen MR) is 80.6 cm³/mol. The third-order valence-electron chi connectivity index (χ3n) is 6.49. The van der Waals surface area contributed by atoms with Crippen molar-refractivity contribution in [2.45, 2.75) is 78.1 Å². The molecule has 0 amide bonds. The zero-order chi connectivity index (χ0) is 14.6. The molecular formula is C18H28N2. The lowest BCUT2D eigenvalue weighted by Crippen LogP contribution is -2.50. The van der Waals surface area contributed by atoms with E-state index in [0.29, 0.717) is 5.92 Å². The summed E-state index contributed by atoms with van der Waals surface area (Å²) < 4.78 is 0. The van der Waals surface area contributed by atoms with Crippen molar-refractivity contribution in [2.24, 2.45) is 22.7 Å². The van der Waals surface area contributed by atoms with Crippen molar-refractivity contribution in [3.05, 3.63) is 0 Å². The molecule has 0 bridgehead atoms. The molecule has 20 heavy (non-hydrogen) atoms. The van der Waals surface area contributed by atoms with Crippen LogP contribution in [0.4, 0.5) is 0 Å². The molecule has 0 saturated heterocycles.